The monoisotopic (exact) mass is 229 g/mol. The fourth-order valence-corrected chi connectivity index (χ4v) is 1.32. The Bertz CT molecular complexity index is 347. The molecule has 3 nitrogen and oxygen atoms in total. The molecule has 0 saturated carbocycles. The van der Waals surface area contributed by atoms with Crippen molar-refractivity contribution in [3.63, 3.8) is 0 Å². The molecule has 0 amide bonds. The normalized spacial score (nSPS) is 9.29. The lowest BCUT2D eigenvalue weighted by Crippen LogP contribution is -2.14. The predicted octanol–water partition coefficient (Wildman–Crippen LogP) is 2.79. The molecule has 0 aliphatic heterocycles. The zero-order valence-electron chi connectivity index (χ0n) is 10.4. The Hall–Kier alpha value is -1.74. The number of hydrogen-bond donors (Lipinski definition) is 1. The summed E-state index contributed by atoms with van der Waals surface area (Å²) in [5.41, 5.74) is 2.10. The summed E-state index contributed by atoms with van der Waals surface area (Å²) in [6.07, 6.45) is 3.61. The molecule has 0 saturated heterocycles. The van der Waals surface area contributed by atoms with Gasteiger partial charge in [0.1, 0.15) is 0 Å². The summed E-state index contributed by atoms with van der Waals surface area (Å²) < 4.78 is 0. The van der Waals surface area contributed by atoms with Gasteiger partial charge in [0.2, 0.25) is 0 Å². The van der Waals surface area contributed by atoms with Crippen molar-refractivity contribution in [1.82, 2.24) is 15.3 Å². The smallest absolute Gasteiger partial charge is 0.0541 e. The summed E-state index contributed by atoms with van der Waals surface area (Å²) in [7, 11) is 0. The predicted molar refractivity (Wildman–Crippen MR) is 70.4 cm³/mol. The van der Waals surface area contributed by atoms with Crippen molar-refractivity contribution in [3.05, 3.63) is 60.2 Å². The SMILES string of the molecule is CC.c1ccc(CNCc2ccccn2)nc1. The van der Waals surface area contributed by atoms with Gasteiger partial charge in [-0.05, 0) is 24.3 Å². The van der Waals surface area contributed by atoms with E-state index in [2.05, 4.69) is 15.3 Å². The average Bonchev–Trinajstić information content (AvgIpc) is 2.43. The Labute approximate surface area is 103 Å². The lowest BCUT2D eigenvalue weighted by molar-refractivity contribution is 0.667. The topological polar surface area (TPSA) is 37.8 Å². The third-order valence-electron chi connectivity index (χ3n) is 2.06. The lowest BCUT2D eigenvalue weighted by atomic mass is 10.3. The van der Waals surface area contributed by atoms with Gasteiger partial charge in [0.15, 0.2) is 0 Å². The van der Waals surface area contributed by atoms with E-state index in [9.17, 15) is 0 Å². The van der Waals surface area contributed by atoms with Gasteiger partial charge in [-0.25, -0.2) is 0 Å². The average molecular weight is 229 g/mol. The first-order chi connectivity index (χ1) is 8.45. The van der Waals surface area contributed by atoms with Gasteiger partial charge in [0, 0.05) is 25.5 Å². The van der Waals surface area contributed by atoms with Crippen molar-refractivity contribution in [1.29, 1.82) is 0 Å². The van der Waals surface area contributed by atoms with Crippen LogP contribution in [0.2, 0.25) is 0 Å². The first-order valence-corrected chi connectivity index (χ1v) is 5.96. The number of rotatable bonds is 4. The lowest BCUT2D eigenvalue weighted by Gasteiger charge is -2.03. The summed E-state index contributed by atoms with van der Waals surface area (Å²) in [6, 6.07) is 11.8. The van der Waals surface area contributed by atoms with Gasteiger partial charge < -0.3 is 5.32 Å². The molecule has 1 N–H and O–H groups in total. The summed E-state index contributed by atoms with van der Waals surface area (Å²) in [6.45, 7) is 5.55. The minimum atomic E-state index is 0.775. The van der Waals surface area contributed by atoms with Crippen LogP contribution in [-0.2, 0) is 13.1 Å². The van der Waals surface area contributed by atoms with Crippen LogP contribution >= 0.6 is 0 Å². The van der Waals surface area contributed by atoms with E-state index >= 15 is 0 Å². The van der Waals surface area contributed by atoms with Gasteiger partial charge in [-0.15, -0.1) is 0 Å². The maximum Gasteiger partial charge on any atom is 0.0541 e. The first kappa shape index (κ1) is 13.3. The summed E-state index contributed by atoms with van der Waals surface area (Å²) >= 11 is 0. The number of nitrogens with zero attached hydrogens (tertiary/aromatic N) is 2. The molecule has 0 bridgehead atoms. The van der Waals surface area contributed by atoms with Crippen LogP contribution in [0.5, 0.6) is 0 Å². The van der Waals surface area contributed by atoms with Gasteiger partial charge >= 0.3 is 0 Å². The second kappa shape index (κ2) is 8.42. The van der Waals surface area contributed by atoms with Crippen molar-refractivity contribution < 1.29 is 0 Å². The van der Waals surface area contributed by atoms with Gasteiger partial charge in [-0.2, -0.15) is 0 Å². The molecule has 0 aliphatic rings. The molecule has 90 valence electrons. The van der Waals surface area contributed by atoms with E-state index in [1.165, 1.54) is 0 Å². The number of aromatic nitrogens is 2. The molecule has 0 aromatic carbocycles. The number of hydrogen-bond acceptors (Lipinski definition) is 3. The van der Waals surface area contributed by atoms with E-state index in [1.807, 2.05) is 50.2 Å². The summed E-state index contributed by atoms with van der Waals surface area (Å²) in [5, 5.41) is 3.29. The minimum absolute atomic E-state index is 0.775. The highest BCUT2D eigenvalue weighted by molar-refractivity contribution is 5.05. The highest BCUT2D eigenvalue weighted by Crippen LogP contribution is 1.95. The fraction of sp³-hybridized carbons (Fsp3) is 0.286. The maximum absolute atomic E-state index is 4.23. The van der Waals surface area contributed by atoms with E-state index in [4.69, 9.17) is 0 Å². The molecule has 0 radical (unpaired) electrons. The number of pyridine rings is 2. The Morgan fingerprint density at radius 2 is 1.29 bits per heavy atom. The number of nitrogens with one attached hydrogen (secondary N) is 1. The second-order valence-corrected chi connectivity index (χ2v) is 3.25. The van der Waals surface area contributed by atoms with Crippen molar-refractivity contribution in [2.24, 2.45) is 0 Å². The Morgan fingerprint density at radius 3 is 1.65 bits per heavy atom. The van der Waals surface area contributed by atoms with Crippen LogP contribution in [0.3, 0.4) is 0 Å². The fourth-order valence-electron chi connectivity index (χ4n) is 1.32. The van der Waals surface area contributed by atoms with E-state index in [-0.39, 0.29) is 0 Å². The van der Waals surface area contributed by atoms with E-state index in [0.29, 0.717) is 0 Å². The third-order valence-corrected chi connectivity index (χ3v) is 2.06. The van der Waals surface area contributed by atoms with Crippen LogP contribution in [-0.4, -0.2) is 9.97 Å². The standard InChI is InChI=1S/C12H13N3.C2H6/c1-3-7-14-11(5-1)9-13-10-12-6-2-4-8-15-12;1-2/h1-8,13H,9-10H2;1-2H3. The quantitative estimate of drug-likeness (QED) is 0.876. The Morgan fingerprint density at radius 1 is 0.824 bits per heavy atom. The maximum atomic E-state index is 4.23. The van der Waals surface area contributed by atoms with Crippen LogP contribution in [0.15, 0.2) is 48.8 Å². The zero-order chi connectivity index (χ0) is 12.3. The Balaban J connectivity index is 0.000000686. The van der Waals surface area contributed by atoms with Crippen LogP contribution in [0.1, 0.15) is 25.2 Å². The van der Waals surface area contributed by atoms with Crippen LogP contribution < -0.4 is 5.32 Å². The van der Waals surface area contributed by atoms with Gasteiger partial charge in [-0.3, -0.25) is 9.97 Å². The molecule has 2 aromatic heterocycles. The highest BCUT2D eigenvalue weighted by Gasteiger charge is 1.94. The highest BCUT2D eigenvalue weighted by atomic mass is 14.9. The molecule has 2 rings (SSSR count). The largest absolute Gasteiger partial charge is 0.306 e. The molecule has 0 atom stereocenters. The molecule has 0 unspecified atom stereocenters. The van der Waals surface area contributed by atoms with Crippen molar-refractivity contribution in [2.75, 3.05) is 0 Å². The first-order valence-electron chi connectivity index (χ1n) is 5.96. The molecule has 0 spiro atoms. The minimum Gasteiger partial charge on any atom is -0.306 e. The van der Waals surface area contributed by atoms with E-state index in [1.54, 1.807) is 12.4 Å². The van der Waals surface area contributed by atoms with Gasteiger partial charge in [0.25, 0.3) is 0 Å². The molecule has 0 fully saturated rings. The van der Waals surface area contributed by atoms with Crippen LogP contribution in [0.25, 0.3) is 0 Å². The van der Waals surface area contributed by atoms with Gasteiger partial charge in [0.05, 0.1) is 11.4 Å². The molecular formula is C14H19N3. The third kappa shape index (κ3) is 5.22. The molecule has 17 heavy (non-hydrogen) atoms. The zero-order valence-corrected chi connectivity index (χ0v) is 10.4. The van der Waals surface area contributed by atoms with Crippen molar-refractivity contribution >= 4 is 0 Å². The molecule has 2 heterocycles. The second-order valence-electron chi connectivity index (χ2n) is 3.25. The van der Waals surface area contributed by atoms with Crippen molar-refractivity contribution in [2.45, 2.75) is 26.9 Å². The van der Waals surface area contributed by atoms with E-state index in [0.717, 1.165) is 24.5 Å². The van der Waals surface area contributed by atoms with E-state index < -0.39 is 0 Å². The van der Waals surface area contributed by atoms with Crippen LogP contribution in [0, 0.1) is 0 Å². The molecular weight excluding hydrogens is 210 g/mol. The van der Waals surface area contributed by atoms with Crippen LogP contribution in [0.4, 0.5) is 0 Å². The molecule has 3 heteroatoms. The van der Waals surface area contributed by atoms with Crippen molar-refractivity contribution in [3.8, 4) is 0 Å². The molecule has 0 aliphatic carbocycles. The summed E-state index contributed by atoms with van der Waals surface area (Å²) in [4.78, 5) is 8.45. The summed E-state index contributed by atoms with van der Waals surface area (Å²) in [5.74, 6) is 0. The van der Waals surface area contributed by atoms with Gasteiger partial charge in [-0.1, -0.05) is 26.0 Å². The molecule has 2 aromatic rings. The Kier molecular flexibility index (Phi) is 6.60.